The van der Waals surface area contributed by atoms with Crippen LogP contribution in [-0.4, -0.2) is 18.1 Å². The minimum Gasteiger partial charge on any atom is -0.445 e. The molecule has 1 aromatic carbocycles. The highest BCUT2D eigenvalue weighted by molar-refractivity contribution is 5.61. The van der Waals surface area contributed by atoms with Gasteiger partial charge in [0.2, 0.25) is 5.89 Å². The first-order chi connectivity index (χ1) is 8.24. The van der Waals surface area contributed by atoms with Crippen molar-refractivity contribution in [3.05, 3.63) is 41.7 Å². The number of rotatable bonds is 2. The summed E-state index contributed by atoms with van der Waals surface area (Å²) < 4.78 is 18.8. The standard InChI is InChI=1S/C13H13FN2O/c1-8-12(9-3-2-4-11(14)5-9)16-13(17-8)10-6-15-7-10/h2-5,10,15H,6-7H2,1H3. The summed E-state index contributed by atoms with van der Waals surface area (Å²) in [6, 6.07) is 6.43. The molecule has 0 spiro atoms. The number of benzene rings is 1. The molecule has 0 atom stereocenters. The average molecular weight is 232 g/mol. The summed E-state index contributed by atoms with van der Waals surface area (Å²) in [4.78, 5) is 4.47. The molecule has 1 aromatic heterocycles. The van der Waals surface area contributed by atoms with Crippen LogP contribution in [0.3, 0.4) is 0 Å². The van der Waals surface area contributed by atoms with Crippen LogP contribution in [0.2, 0.25) is 0 Å². The second-order valence-corrected chi connectivity index (χ2v) is 4.32. The Balaban J connectivity index is 1.99. The summed E-state index contributed by atoms with van der Waals surface area (Å²) in [5.41, 5.74) is 1.51. The summed E-state index contributed by atoms with van der Waals surface area (Å²) in [5, 5.41) is 3.18. The predicted octanol–water partition coefficient (Wildman–Crippen LogP) is 2.48. The van der Waals surface area contributed by atoms with E-state index in [0.717, 1.165) is 36.0 Å². The molecule has 1 aliphatic heterocycles. The molecule has 88 valence electrons. The molecule has 3 nitrogen and oxygen atoms in total. The molecule has 0 radical (unpaired) electrons. The van der Waals surface area contributed by atoms with E-state index in [4.69, 9.17) is 4.42 Å². The van der Waals surface area contributed by atoms with Crippen LogP contribution in [-0.2, 0) is 0 Å². The van der Waals surface area contributed by atoms with Gasteiger partial charge in [-0.3, -0.25) is 0 Å². The first-order valence-electron chi connectivity index (χ1n) is 5.68. The Bertz CT molecular complexity index is 546. The maximum absolute atomic E-state index is 13.2. The van der Waals surface area contributed by atoms with E-state index in [2.05, 4.69) is 10.3 Å². The SMILES string of the molecule is Cc1oc(C2CNC2)nc1-c1cccc(F)c1. The molecule has 3 rings (SSSR count). The lowest BCUT2D eigenvalue weighted by atomic mass is 10.0. The normalized spacial score (nSPS) is 15.9. The third kappa shape index (κ3) is 1.85. The van der Waals surface area contributed by atoms with Crippen LogP contribution in [0.15, 0.2) is 28.7 Å². The fourth-order valence-corrected chi connectivity index (χ4v) is 1.96. The van der Waals surface area contributed by atoms with Gasteiger partial charge in [0.25, 0.3) is 0 Å². The predicted molar refractivity (Wildman–Crippen MR) is 62.2 cm³/mol. The van der Waals surface area contributed by atoms with Crippen molar-refractivity contribution in [1.82, 2.24) is 10.3 Å². The van der Waals surface area contributed by atoms with Crippen LogP contribution in [0.4, 0.5) is 4.39 Å². The quantitative estimate of drug-likeness (QED) is 0.864. The van der Waals surface area contributed by atoms with Crippen molar-refractivity contribution >= 4 is 0 Å². The van der Waals surface area contributed by atoms with Gasteiger partial charge in [0, 0.05) is 18.7 Å². The van der Waals surface area contributed by atoms with Crippen LogP contribution in [0.25, 0.3) is 11.3 Å². The molecule has 0 unspecified atom stereocenters. The number of aromatic nitrogens is 1. The van der Waals surface area contributed by atoms with Crippen LogP contribution in [0, 0.1) is 12.7 Å². The van der Waals surface area contributed by atoms with Crippen molar-refractivity contribution in [2.24, 2.45) is 0 Å². The molecule has 1 saturated heterocycles. The maximum Gasteiger partial charge on any atom is 0.200 e. The first kappa shape index (κ1) is 10.5. The van der Waals surface area contributed by atoms with E-state index in [1.165, 1.54) is 12.1 Å². The minimum atomic E-state index is -0.253. The Morgan fingerprint density at radius 2 is 2.24 bits per heavy atom. The molecular weight excluding hydrogens is 219 g/mol. The van der Waals surface area contributed by atoms with E-state index in [1.54, 1.807) is 6.07 Å². The zero-order valence-electron chi connectivity index (χ0n) is 9.53. The number of nitrogens with one attached hydrogen (secondary N) is 1. The van der Waals surface area contributed by atoms with Crippen molar-refractivity contribution in [2.45, 2.75) is 12.8 Å². The molecule has 2 aromatic rings. The molecule has 0 saturated carbocycles. The molecule has 0 bridgehead atoms. The Morgan fingerprint density at radius 3 is 2.88 bits per heavy atom. The minimum absolute atomic E-state index is 0.253. The largest absolute Gasteiger partial charge is 0.445 e. The fourth-order valence-electron chi connectivity index (χ4n) is 1.96. The van der Waals surface area contributed by atoms with E-state index in [-0.39, 0.29) is 5.82 Å². The topological polar surface area (TPSA) is 38.1 Å². The zero-order valence-corrected chi connectivity index (χ0v) is 9.53. The van der Waals surface area contributed by atoms with Crippen molar-refractivity contribution < 1.29 is 8.81 Å². The summed E-state index contributed by atoms with van der Waals surface area (Å²) in [6.45, 7) is 3.67. The van der Waals surface area contributed by atoms with E-state index >= 15 is 0 Å². The molecule has 0 aliphatic carbocycles. The second kappa shape index (κ2) is 3.96. The van der Waals surface area contributed by atoms with Gasteiger partial charge in [-0.15, -0.1) is 0 Å². The number of nitrogens with zero attached hydrogens (tertiary/aromatic N) is 1. The Labute approximate surface area is 98.7 Å². The van der Waals surface area contributed by atoms with Crippen LogP contribution < -0.4 is 5.32 Å². The Morgan fingerprint density at radius 1 is 1.41 bits per heavy atom. The number of aryl methyl sites for hydroxylation is 1. The third-order valence-corrected chi connectivity index (χ3v) is 3.04. The lowest BCUT2D eigenvalue weighted by molar-refractivity contribution is 0.350. The van der Waals surface area contributed by atoms with Gasteiger partial charge in [0.1, 0.15) is 17.3 Å². The first-order valence-corrected chi connectivity index (χ1v) is 5.68. The van der Waals surface area contributed by atoms with Gasteiger partial charge in [-0.25, -0.2) is 9.37 Å². The molecule has 0 amide bonds. The van der Waals surface area contributed by atoms with Crippen molar-refractivity contribution in [3.63, 3.8) is 0 Å². The third-order valence-electron chi connectivity index (χ3n) is 3.04. The number of hydrogen-bond donors (Lipinski definition) is 1. The van der Waals surface area contributed by atoms with Gasteiger partial charge >= 0.3 is 0 Å². The number of hydrogen-bond acceptors (Lipinski definition) is 3. The van der Waals surface area contributed by atoms with E-state index in [1.807, 2.05) is 13.0 Å². The highest BCUT2D eigenvalue weighted by Crippen LogP contribution is 2.28. The molecule has 2 heterocycles. The lowest BCUT2D eigenvalue weighted by Gasteiger charge is -2.23. The molecule has 1 aliphatic rings. The van der Waals surface area contributed by atoms with Gasteiger partial charge in [-0.2, -0.15) is 0 Å². The second-order valence-electron chi connectivity index (χ2n) is 4.32. The van der Waals surface area contributed by atoms with Crippen molar-refractivity contribution in [3.8, 4) is 11.3 Å². The van der Waals surface area contributed by atoms with Crippen LogP contribution in [0.1, 0.15) is 17.6 Å². The molecular formula is C13H13FN2O. The summed E-state index contributed by atoms with van der Waals surface area (Å²) in [7, 11) is 0. The summed E-state index contributed by atoms with van der Waals surface area (Å²) in [5.74, 6) is 1.60. The van der Waals surface area contributed by atoms with E-state index in [0.29, 0.717) is 5.92 Å². The fraction of sp³-hybridized carbons (Fsp3) is 0.308. The lowest BCUT2D eigenvalue weighted by Crippen LogP contribution is -2.40. The molecule has 1 N–H and O–H groups in total. The van der Waals surface area contributed by atoms with Gasteiger partial charge in [-0.1, -0.05) is 12.1 Å². The van der Waals surface area contributed by atoms with Gasteiger partial charge in [-0.05, 0) is 19.1 Å². The van der Waals surface area contributed by atoms with Gasteiger partial charge < -0.3 is 9.73 Å². The average Bonchev–Trinajstić information content (AvgIpc) is 2.57. The number of oxazole rings is 1. The van der Waals surface area contributed by atoms with Gasteiger partial charge in [0.15, 0.2) is 0 Å². The van der Waals surface area contributed by atoms with E-state index in [9.17, 15) is 4.39 Å². The van der Waals surface area contributed by atoms with Crippen LogP contribution >= 0.6 is 0 Å². The highest BCUT2D eigenvalue weighted by atomic mass is 19.1. The van der Waals surface area contributed by atoms with Crippen molar-refractivity contribution in [2.75, 3.05) is 13.1 Å². The summed E-state index contributed by atoms with van der Waals surface area (Å²) in [6.07, 6.45) is 0. The molecule has 4 heteroatoms. The van der Waals surface area contributed by atoms with Crippen LogP contribution in [0.5, 0.6) is 0 Å². The summed E-state index contributed by atoms with van der Waals surface area (Å²) >= 11 is 0. The smallest absolute Gasteiger partial charge is 0.200 e. The molecule has 17 heavy (non-hydrogen) atoms. The molecule has 1 fully saturated rings. The van der Waals surface area contributed by atoms with Gasteiger partial charge in [0.05, 0.1) is 5.92 Å². The number of halogens is 1. The van der Waals surface area contributed by atoms with E-state index < -0.39 is 0 Å². The Kier molecular flexibility index (Phi) is 2.44. The maximum atomic E-state index is 13.2. The monoisotopic (exact) mass is 232 g/mol. The van der Waals surface area contributed by atoms with Crippen molar-refractivity contribution in [1.29, 1.82) is 0 Å². The highest BCUT2D eigenvalue weighted by Gasteiger charge is 2.25. The Hall–Kier alpha value is -1.68. The zero-order chi connectivity index (χ0) is 11.8.